The van der Waals surface area contributed by atoms with Crippen LogP contribution in [0, 0.1) is 0 Å². The number of carbonyl (C=O) groups is 1. The van der Waals surface area contributed by atoms with E-state index < -0.39 is 10.8 Å². The van der Waals surface area contributed by atoms with Gasteiger partial charge in [0, 0.05) is 52.1 Å². The Morgan fingerprint density at radius 3 is 3.04 bits per heavy atom. The predicted octanol–water partition coefficient (Wildman–Crippen LogP) is 1.89. The summed E-state index contributed by atoms with van der Waals surface area (Å²) in [5.41, 5.74) is 0.904. The van der Waals surface area contributed by atoms with E-state index in [4.69, 9.17) is 4.74 Å². The first-order valence-electron chi connectivity index (χ1n) is 7.54. The molecular formula is C16H18BrN3O3S. The van der Waals surface area contributed by atoms with Crippen LogP contribution in [-0.2, 0) is 22.6 Å². The molecule has 8 heteroatoms. The zero-order chi connectivity index (χ0) is 17.1. The molecule has 128 valence electrons. The highest BCUT2D eigenvalue weighted by Gasteiger charge is 2.32. The molecule has 0 spiro atoms. The third-order valence-corrected chi connectivity index (χ3v) is 5.69. The Bertz CT molecular complexity index is 765. The minimum atomic E-state index is -0.920. The average molecular weight is 412 g/mol. The number of aryl methyl sites for hydroxylation is 1. The fourth-order valence-electron chi connectivity index (χ4n) is 2.68. The van der Waals surface area contributed by atoms with Gasteiger partial charge in [0.15, 0.2) is 6.61 Å². The van der Waals surface area contributed by atoms with Gasteiger partial charge in [0.1, 0.15) is 5.75 Å². The van der Waals surface area contributed by atoms with Gasteiger partial charge in [-0.3, -0.25) is 13.7 Å². The van der Waals surface area contributed by atoms with Crippen LogP contribution in [0.1, 0.15) is 11.6 Å². The van der Waals surface area contributed by atoms with Gasteiger partial charge >= 0.3 is 0 Å². The zero-order valence-electron chi connectivity index (χ0n) is 13.2. The van der Waals surface area contributed by atoms with Crippen LogP contribution in [0.3, 0.4) is 0 Å². The molecule has 0 bridgehead atoms. The van der Waals surface area contributed by atoms with E-state index in [1.165, 1.54) is 0 Å². The molecule has 6 nitrogen and oxygen atoms in total. The molecule has 0 radical (unpaired) electrons. The second-order valence-corrected chi connectivity index (χ2v) is 8.14. The molecule has 1 aliphatic rings. The van der Waals surface area contributed by atoms with E-state index in [1.807, 2.05) is 37.5 Å². The molecule has 1 fully saturated rings. The van der Waals surface area contributed by atoms with Crippen molar-refractivity contribution in [1.82, 2.24) is 14.7 Å². The number of hydrogen-bond acceptors (Lipinski definition) is 4. The minimum absolute atomic E-state index is 0.0418. The Kier molecular flexibility index (Phi) is 5.35. The second kappa shape index (κ2) is 7.48. The third-order valence-electron chi connectivity index (χ3n) is 3.87. The van der Waals surface area contributed by atoms with Crippen LogP contribution < -0.4 is 4.74 Å². The van der Waals surface area contributed by atoms with E-state index in [0.717, 1.165) is 10.0 Å². The van der Waals surface area contributed by atoms with E-state index in [-0.39, 0.29) is 18.6 Å². The van der Waals surface area contributed by atoms with E-state index in [1.54, 1.807) is 15.8 Å². The van der Waals surface area contributed by atoms with Crippen molar-refractivity contribution in [3.63, 3.8) is 0 Å². The SMILES string of the molecule is Cn1cc([C@@H]2C[S@@](=O)CCN2C(=O)COc2cccc(Br)c2)cn1. The number of nitrogens with zero attached hydrogens (tertiary/aromatic N) is 3. The maximum absolute atomic E-state index is 12.6. The predicted molar refractivity (Wildman–Crippen MR) is 95.2 cm³/mol. The van der Waals surface area contributed by atoms with Gasteiger partial charge in [-0.1, -0.05) is 22.0 Å². The van der Waals surface area contributed by atoms with E-state index >= 15 is 0 Å². The lowest BCUT2D eigenvalue weighted by Gasteiger charge is -2.34. The van der Waals surface area contributed by atoms with Crippen LogP contribution in [0.2, 0.25) is 0 Å². The summed E-state index contributed by atoms with van der Waals surface area (Å²) in [6, 6.07) is 7.16. The molecule has 2 heterocycles. The molecule has 1 aromatic heterocycles. The quantitative estimate of drug-likeness (QED) is 0.770. The molecule has 24 heavy (non-hydrogen) atoms. The highest BCUT2D eigenvalue weighted by molar-refractivity contribution is 9.10. The van der Waals surface area contributed by atoms with Crippen molar-refractivity contribution >= 4 is 32.6 Å². The Balaban J connectivity index is 1.70. The summed E-state index contributed by atoms with van der Waals surface area (Å²) in [4.78, 5) is 14.4. The molecule has 1 aromatic carbocycles. The number of amides is 1. The molecular weight excluding hydrogens is 394 g/mol. The van der Waals surface area contributed by atoms with Crippen molar-refractivity contribution in [3.05, 3.63) is 46.7 Å². The van der Waals surface area contributed by atoms with Gasteiger partial charge in [-0.2, -0.15) is 5.10 Å². The molecule has 1 aliphatic heterocycles. The number of benzene rings is 1. The largest absolute Gasteiger partial charge is 0.484 e. The highest BCUT2D eigenvalue weighted by Crippen LogP contribution is 2.25. The first kappa shape index (κ1) is 17.2. The topological polar surface area (TPSA) is 64.4 Å². The Hall–Kier alpha value is -1.67. The van der Waals surface area contributed by atoms with Crippen LogP contribution in [0.15, 0.2) is 41.1 Å². The average Bonchev–Trinajstić information content (AvgIpc) is 2.99. The fourth-order valence-corrected chi connectivity index (χ4v) is 4.35. The smallest absolute Gasteiger partial charge is 0.261 e. The summed E-state index contributed by atoms with van der Waals surface area (Å²) in [5, 5.41) is 4.16. The summed E-state index contributed by atoms with van der Waals surface area (Å²) in [6.45, 7) is 0.423. The number of aromatic nitrogens is 2. The van der Waals surface area contributed by atoms with Crippen LogP contribution >= 0.6 is 15.9 Å². The number of ether oxygens (including phenoxy) is 1. The number of hydrogen-bond donors (Lipinski definition) is 0. The highest BCUT2D eigenvalue weighted by atomic mass is 79.9. The van der Waals surface area contributed by atoms with Crippen LogP contribution in [0.4, 0.5) is 0 Å². The van der Waals surface area contributed by atoms with Gasteiger partial charge in [-0.25, -0.2) is 0 Å². The molecule has 0 saturated carbocycles. The normalized spacial score (nSPS) is 20.8. The molecule has 3 rings (SSSR count). The van der Waals surface area contributed by atoms with Gasteiger partial charge in [0.25, 0.3) is 5.91 Å². The number of halogens is 1. The molecule has 0 aliphatic carbocycles. The molecule has 1 amide bonds. The Morgan fingerprint density at radius 2 is 2.33 bits per heavy atom. The van der Waals surface area contributed by atoms with Gasteiger partial charge in [0.2, 0.25) is 0 Å². The number of carbonyl (C=O) groups excluding carboxylic acids is 1. The van der Waals surface area contributed by atoms with Crippen LogP contribution in [-0.4, -0.2) is 49.5 Å². The fraction of sp³-hybridized carbons (Fsp3) is 0.375. The first-order valence-corrected chi connectivity index (χ1v) is 9.82. The van der Waals surface area contributed by atoms with Gasteiger partial charge in [-0.15, -0.1) is 0 Å². The zero-order valence-corrected chi connectivity index (χ0v) is 15.6. The van der Waals surface area contributed by atoms with Crippen LogP contribution in [0.25, 0.3) is 0 Å². The van der Waals surface area contributed by atoms with Gasteiger partial charge in [-0.05, 0) is 18.2 Å². The number of rotatable bonds is 4. The summed E-state index contributed by atoms with van der Waals surface area (Å²) < 4.78 is 20.1. The lowest BCUT2D eigenvalue weighted by Crippen LogP contribution is -2.46. The summed E-state index contributed by atoms with van der Waals surface area (Å²) in [6.07, 6.45) is 3.59. The van der Waals surface area contributed by atoms with Crippen molar-refractivity contribution in [2.75, 3.05) is 24.7 Å². The van der Waals surface area contributed by atoms with Crippen molar-refractivity contribution in [3.8, 4) is 5.75 Å². The summed E-state index contributed by atoms with van der Waals surface area (Å²) >= 11 is 3.38. The Labute approximate surface area is 151 Å². The van der Waals surface area contributed by atoms with Crippen molar-refractivity contribution in [2.45, 2.75) is 6.04 Å². The van der Waals surface area contributed by atoms with Crippen molar-refractivity contribution in [2.24, 2.45) is 7.05 Å². The lowest BCUT2D eigenvalue weighted by molar-refractivity contribution is -0.135. The second-order valence-electron chi connectivity index (χ2n) is 5.61. The maximum Gasteiger partial charge on any atom is 0.261 e. The van der Waals surface area contributed by atoms with Crippen molar-refractivity contribution < 1.29 is 13.7 Å². The standard InChI is InChI=1S/C16H18BrN3O3S/c1-19-9-12(8-18-19)15-11-24(22)6-5-20(15)16(21)10-23-14-4-2-3-13(17)7-14/h2-4,7-9,15H,5-6,10-11H2,1H3/t15-,24-/m0/s1. The van der Waals surface area contributed by atoms with Gasteiger partial charge < -0.3 is 9.64 Å². The first-order chi connectivity index (χ1) is 11.5. The van der Waals surface area contributed by atoms with E-state index in [9.17, 15) is 9.00 Å². The molecule has 0 N–H and O–H groups in total. The van der Waals surface area contributed by atoms with Gasteiger partial charge in [0.05, 0.1) is 12.2 Å². The van der Waals surface area contributed by atoms with E-state index in [0.29, 0.717) is 23.8 Å². The monoisotopic (exact) mass is 411 g/mol. The third kappa shape index (κ3) is 4.05. The molecule has 2 aromatic rings. The minimum Gasteiger partial charge on any atom is -0.484 e. The van der Waals surface area contributed by atoms with E-state index in [2.05, 4.69) is 21.0 Å². The van der Waals surface area contributed by atoms with Crippen LogP contribution in [0.5, 0.6) is 5.75 Å². The lowest BCUT2D eigenvalue weighted by atomic mass is 10.1. The maximum atomic E-state index is 12.6. The summed E-state index contributed by atoms with van der Waals surface area (Å²) in [7, 11) is 0.906. The Morgan fingerprint density at radius 1 is 1.50 bits per heavy atom. The van der Waals surface area contributed by atoms with Crippen molar-refractivity contribution in [1.29, 1.82) is 0 Å². The molecule has 1 saturated heterocycles. The molecule has 0 unspecified atom stereocenters. The molecule has 2 atom stereocenters. The summed E-state index contributed by atoms with van der Waals surface area (Å²) in [5.74, 6) is 1.46.